The zero-order valence-electron chi connectivity index (χ0n) is 11.8. The minimum absolute atomic E-state index is 0.0222. The molecule has 5 heteroatoms. The average molecular weight is 274 g/mol. The molecule has 0 aliphatic heterocycles. The first kappa shape index (κ1) is 14.3. The molecule has 2 N–H and O–H groups in total. The molecule has 0 radical (unpaired) electrons. The number of hydrogen-bond acceptors (Lipinski definition) is 5. The maximum atomic E-state index is 11.5. The van der Waals surface area contributed by atoms with Gasteiger partial charge in [-0.2, -0.15) is 0 Å². The highest BCUT2D eigenvalue weighted by Crippen LogP contribution is 2.24. The van der Waals surface area contributed by atoms with E-state index in [-0.39, 0.29) is 6.61 Å². The summed E-state index contributed by atoms with van der Waals surface area (Å²) in [7, 11) is 1.30. The van der Waals surface area contributed by atoms with Gasteiger partial charge < -0.3 is 15.2 Å². The molecule has 0 bridgehead atoms. The van der Waals surface area contributed by atoms with Gasteiger partial charge in [-0.3, -0.25) is 0 Å². The van der Waals surface area contributed by atoms with Gasteiger partial charge in [0.2, 0.25) is 0 Å². The zero-order valence-corrected chi connectivity index (χ0v) is 11.8. The summed E-state index contributed by atoms with van der Waals surface area (Å²) in [4.78, 5) is 16.0. The largest absolute Gasteiger partial charge is 0.489 e. The summed E-state index contributed by atoms with van der Waals surface area (Å²) in [5.41, 5.74) is 6.34. The van der Waals surface area contributed by atoms with Crippen molar-refractivity contribution in [3.05, 3.63) is 36.0 Å². The highest BCUT2D eigenvalue weighted by atomic mass is 16.5. The summed E-state index contributed by atoms with van der Waals surface area (Å²) < 4.78 is 10.3. The Morgan fingerprint density at radius 2 is 2.10 bits per heavy atom. The number of fused-ring (bicyclic) bond motifs is 1. The molecular weight excluding hydrogens is 256 g/mol. The number of nitrogens with two attached hydrogens (primary N) is 1. The third-order valence-corrected chi connectivity index (χ3v) is 3.00. The first-order chi connectivity index (χ1) is 9.44. The van der Waals surface area contributed by atoms with Crippen molar-refractivity contribution in [2.45, 2.75) is 19.4 Å². The molecule has 0 aliphatic carbocycles. The van der Waals surface area contributed by atoms with Gasteiger partial charge in [0.15, 0.2) is 0 Å². The summed E-state index contributed by atoms with van der Waals surface area (Å²) in [6, 6.07) is 9.56. The van der Waals surface area contributed by atoms with E-state index in [1.165, 1.54) is 7.11 Å². The molecule has 1 unspecified atom stereocenters. The number of benzene rings is 1. The molecular formula is C15H18N2O3. The van der Waals surface area contributed by atoms with Gasteiger partial charge in [-0.15, -0.1) is 0 Å². The number of carbonyl (C=O) groups is 1. The molecule has 0 saturated carbocycles. The van der Waals surface area contributed by atoms with Crippen molar-refractivity contribution in [1.82, 2.24) is 4.98 Å². The SMILES string of the molecule is COC(=O)C(C)(N)COc1cccc2ccc(C)nc12. The molecule has 0 aliphatic rings. The summed E-state index contributed by atoms with van der Waals surface area (Å²) in [6.45, 7) is 3.51. The highest BCUT2D eigenvalue weighted by Gasteiger charge is 2.30. The van der Waals surface area contributed by atoms with Crippen LogP contribution in [0.3, 0.4) is 0 Å². The van der Waals surface area contributed by atoms with Gasteiger partial charge in [0, 0.05) is 11.1 Å². The van der Waals surface area contributed by atoms with Crippen LogP contribution >= 0.6 is 0 Å². The Labute approximate surface area is 117 Å². The van der Waals surface area contributed by atoms with Crippen molar-refractivity contribution < 1.29 is 14.3 Å². The number of rotatable bonds is 4. The van der Waals surface area contributed by atoms with Crippen LogP contribution in [0.4, 0.5) is 0 Å². The second kappa shape index (κ2) is 5.46. The predicted octanol–water partition coefficient (Wildman–Crippen LogP) is 1.81. The van der Waals surface area contributed by atoms with E-state index in [9.17, 15) is 4.79 Å². The minimum Gasteiger partial charge on any atom is -0.489 e. The van der Waals surface area contributed by atoms with Crippen LogP contribution in [-0.2, 0) is 9.53 Å². The molecule has 2 aromatic rings. The second-order valence-corrected chi connectivity index (χ2v) is 4.98. The molecule has 1 atom stereocenters. The summed E-state index contributed by atoms with van der Waals surface area (Å²) in [5, 5.41) is 0.977. The summed E-state index contributed by atoms with van der Waals surface area (Å²) >= 11 is 0. The van der Waals surface area contributed by atoms with Crippen LogP contribution in [0, 0.1) is 6.92 Å². The molecule has 1 aromatic heterocycles. The number of aryl methyl sites for hydroxylation is 1. The Balaban J connectivity index is 2.26. The lowest BCUT2D eigenvalue weighted by Gasteiger charge is -2.21. The quantitative estimate of drug-likeness (QED) is 0.861. The monoisotopic (exact) mass is 274 g/mol. The van der Waals surface area contributed by atoms with Crippen molar-refractivity contribution in [2.24, 2.45) is 5.73 Å². The van der Waals surface area contributed by atoms with Crippen LogP contribution in [-0.4, -0.2) is 30.2 Å². The van der Waals surface area contributed by atoms with Gasteiger partial charge in [0.05, 0.1) is 7.11 Å². The maximum Gasteiger partial charge on any atom is 0.329 e. The van der Waals surface area contributed by atoms with E-state index < -0.39 is 11.5 Å². The lowest BCUT2D eigenvalue weighted by Crippen LogP contribution is -2.50. The van der Waals surface area contributed by atoms with Crippen molar-refractivity contribution in [3.8, 4) is 5.75 Å². The van der Waals surface area contributed by atoms with Crippen LogP contribution in [0.5, 0.6) is 5.75 Å². The number of nitrogens with zero attached hydrogens (tertiary/aromatic N) is 1. The molecule has 1 aromatic carbocycles. The van der Waals surface area contributed by atoms with Crippen molar-refractivity contribution in [1.29, 1.82) is 0 Å². The smallest absolute Gasteiger partial charge is 0.329 e. The second-order valence-electron chi connectivity index (χ2n) is 4.98. The Morgan fingerprint density at radius 3 is 2.80 bits per heavy atom. The third-order valence-electron chi connectivity index (χ3n) is 3.00. The van der Waals surface area contributed by atoms with Crippen LogP contribution in [0.1, 0.15) is 12.6 Å². The first-order valence-electron chi connectivity index (χ1n) is 6.30. The number of pyridine rings is 1. The number of hydrogen-bond donors (Lipinski definition) is 1. The van der Waals surface area contributed by atoms with Crippen molar-refractivity contribution >= 4 is 16.9 Å². The van der Waals surface area contributed by atoms with E-state index in [0.29, 0.717) is 5.75 Å². The Morgan fingerprint density at radius 1 is 1.35 bits per heavy atom. The Kier molecular flexibility index (Phi) is 3.90. The fourth-order valence-electron chi connectivity index (χ4n) is 1.85. The standard InChI is InChI=1S/C15H18N2O3/c1-10-7-8-11-5-4-6-12(13(11)17-10)20-9-15(2,16)14(18)19-3/h4-8H,9,16H2,1-3H3. The molecule has 1 heterocycles. The van der Waals surface area contributed by atoms with Gasteiger partial charge in [-0.1, -0.05) is 18.2 Å². The summed E-state index contributed by atoms with van der Waals surface area (Å²) in [6.07, 6.45) is 0. The number of methoxy groups -OCH3 is 1. The lowest BCUT2D eigenvalue weighted by atomic mass is 10.1. The third kappa shape index (κ3) is 2.88. The highest BCUT2D eigenvalue weighted by molar-refractivity contribution is 5.85. The van der Waals surface area contributed by atoms with Crippen LogP contribution < -0.4 is 10.5 Å². The van der Waals surface area contributed by atoms with Crippen molar-refractivity contribution in [2.75, 3.05) is 13.7 Å². The molecule has 106 valence electrons. The Hall–Kier alpha value is -2.14. The van der Waals surface area contributed by atoms with Gasteiger partial charge in [0.1, 0.15) is 23.4 Å². The number of esters is 1. The number of aromatic nitrogens is 1. The van der Waals surface area contributed by atoms with Gasteiger partial charge in [-0.25, -0.2) is 9.78 Å². The zero-order chi connectivity index (χ0) is 14.8. The fraction of sp³-hybridized carbons (Fsp3) is 0.333. The van der Waals surface area contributed by atoms with Gasteiger partial charge in [0.25, 0.3) is 0 Å². The maximum absolute atomic E-state index is 11.5. The molecule has 5 nitrogen and oxygen atoms in total. The van der Waals surface area contributed by atoms with E-state index in [1.54, 1.807) is 6.92 Å². The van der Waals surface area contributed by atoms with Crippen LogP contribution in [0.15, 0.2) is 30.3 Å². The first-order valence-corrected chi connectivity index (χ1v) is 6.30. The van der Waals surface area contributed by atoms with E-state index >= 15 is 0 Å². The number of carbonyl (C=O) groups excluding carboxylic acids is 1. The fourth-order valence-corrected chi connectivity index (χ4v) is 1.85. The minimum atomic E-state index is -1.19. The van der Waals surface area contributed by atoms with Crippen LogP contribution in [0.25, 0.3) is 10.9 Å². The predicted molar refractivity (Wildman–Crippen MR) is 76.6 cm³/mol. The lowest BCUT2D eigenvalue weighted by molar-refractivity contribution is -0.147. The molecule has 0 fully saturated rings. The normalized spacial score (nSPS) is 13.8. The number of ether oxygens (including phenoxy) is 2. The molecule has 2 rings (SSSR count). The molecule has 20 heavy (non-hydrogen) atoms. The summed E-state index contributed by atoms with van der Waals surface area (Å²) in [5.74, 6) is 0.0913. The molecule has 0 amide bonds. The van der Waals surface area contributed by atoms with Crippen molar-refractivity contribution in [3.63, 3.8) is 0 Å². The topological polar surface area (TPSA) is 74.4 Å². The van der Waals surface area contributed by atoms with E-state index in [2.05, 4.69) is 9.72 Å². The average Bonchev–Trinajstić information content (AvgIpc) is 2.44. The number of para-hydroxylation sites is 1. The van der Waals surface area contributed by atoms with Crippen LogP contribution in [0.2, 0.25) is 0 Å². The molecule has 0 spiro atoms. The van der Waals surface area contributed by atoms with E-state index in [4.69, 9.17) is 10.5 Å². The Bertz CT molecular complexity index is 638. The van der Waals surface area contributed by atoms with E-state index in [0.717, 1.165) is 16.6 Å². The van der Waals surface area contributed by atoms with Gasteiger partial charge >= 0.3 is 5.97 Å². The van der Waals surface area contributed by atoms with E-state index in [1.807, 2.05) is 37.3 Å². The van der Waals surface area contributed by atoms with Gasteiger partial charge in [-0.05, 0) is 26.0 Å². The molecule has 0 saturated heterocycles.